The van der Waals surface area contributed by atoms with E-state index in [2.05, 4.69) is 5.32 Å². The number of nitrogens with one attached hydrogen (secondary N) is 1. The number of likely N-dealkylation sites (tertiary alicyclic amines) is 1. The van der Waals surface area contributed by atoms with E-state index >= 15 is 0 Å². The van der Waals surface area contributed by atoms with Gasteiger partial charge in [0.2, 0.25) is 0 Å². The van der Waals surface area contributed by atoms with Gasteiger partial charge in [-0.15, -0.1) is 11.3 Å². The summed E-state index contributed by atoms with van der Waals surface area (Å²) in [7, 11) is 0. The molecule has 1 saturated heterocycles. The van der Waals surface area contributed by atoms with Crippen molar-refractivity contribution in [2.75, 3.05) is 13.1 Å². The minimum Gasteiger partial charge on any atom is -0.444 e. The smallest absolute Gasteiger partial charge is 0.407 e. The Morgan fingerprint density at radius 3 is 2.78 bits per heavy atom. The molecule has 1 aromatic heterocycles. The molecule has 23 heavy (non-hydrogen) atoms. The van der Waals surface area contributed by atoms with Crippen molar-refractivity contribution >= 4 is 23.3 Å². The molecule has 0 aromatic carbocycles. The summed E-state index contributed by atoms with van der Waals surface area (Å²) < 4.78 is 5.30. The van der Waals surface area contributed by atoms with Gasteiger partial charge < -0.3 is 15.0 Å². The van der Waals surface area contributed by atoms with Crippen LogP contribution in [-0.2, 0) is 4.74 Å². The van der Waals surface area contributed by atoms with E-state index in [1.54, 1.807) is 0 Å². The topological polar surface area (TPSA) is 58.6 Å². The van der Waals surface area contributed by atoms with Crippen molar-refractivity contribution in [3.8, 4) is 0 Å². The number of hydrogen-bond donors (Lipinski definition) is 1. The molecule has 2 atom stereocenters. The van der Waals surface area contributed by atoms with Gasteiger partial charge in [-0.05, 0) is 57.9 Å². The quantitative estimate of drug-likeness (QED) is 0.917. The van der Waals surface area contributed by atoms with Crippen LogP contribution in [0.15, 0.2) is 17.5 Å². The zero-order chi connectivity index (χ0) is 17.0. The third-order valence-electron chi connectivity index (χ3n) is 3.93. The Balaban J connectivity index is 1.90. The molecule has 2 heterocycles. The fourth-order valence-corrected chi connectivity index (χ4v) is 3.46. The molecule has 2 rings (SSSR count). The normalized spacial score (nSPS) is 20.0. The first-order valence-electron chi connectivity index (χ1n) is 8.08. The van der Waals surface area contributed by atoms with Crippen LogP contribution in [0, 0.1) is 5.92 Å². The maximum atomic E-state index is 12.5. The van der Waals surface area contributed by atoms with E-state index in [0.717, 1.165) is 24.3 Å². The van der Waals surface area contributed by atoms with Gasteiger partial charge in [-0.1, -0.05) is 6.07 Å². The maximum Gasteiger partial charge on any atom is 0.407 e. The minimum atomic E-state index is -0.502. The largest absolute Gasteiger partial charge is 0.444 e. The second-order valence-electron chi connectivity index (χ2n) is 7.07. The number of thiophene rings is 1. The van der Waals surface area contributed by atoms with Gasteiger partial charge in [-0.2, -0.15) is 0 Å². The molecule has 1 aliphatic rings. The molecule has 128 valence electrons. The third kappa shape index (κ3) is 5.23. The van der Waals surface area contributed by atoms with E-state index in [4.69, 9.17) is 4.74 Å². The summed E-state index contributed by atoms with van der Waals surface area (Å²) in [4.78, 5) is 27.0. The van der Waals surface area contributed by atoms with Gasteiger partial charge >= 0.3 is 6.09 Å². The molecule has 1 aromatic rings. The summed E-state index contributed by atoms with van der Waals surface area (Å²) in [6.45, 7) is 8.98. The molecule has 1 N–H and O–H groups in total. The number of amides is 2. The van der Waals surface area contributed by atoms with E-state index in [1.807, 2.05) is 50.1 Å². The lowest BCUT2D eigenvalue weighted by molar-refractivity contribution is 0.0461. The average molecular weight is 338 g/mol. The number of alkyl carbamates (subject to hydrolysis) is 1. The van der Waals surface area contributed by atoms with Gasteiger partial charge in [0.1, 0.15) is 5.60 Å². The van der Waals surface area contributed by atoms with Crippen LogP contribution in [0.2, 0.25) is 0 Å². The van der Waals surface area contributed by atoms with Crippen LogP contribution in [0.4, 0.5) is 4.79 Å². The van der Waals surface area contributed by atoms with Crippen molar-refractivity contribution in [1.82, 2.24) is 10.2 Å². The fourth-order valence-electron chi connectivity index (χ4n) is 2.77. The summed E-state index contributed by atoms with van der Waals surface area (Å²) in [5.41, 5.74) is -0.502. The van der Waals surface area contributed by atoms with Crippen LogP contribution in [0.1, 0.15) is 50.2 Å². The van der Waals surface area contributed by atoms with Gasteiger partial charge in [0.15, 0.2) is 0 Å². The van der Waals surface area contributed by atoms with Gasteiger partial charge in [-0.25, -0.2) is 4.79 Å². The van der Waals surface area contributed by atoms with Gasteiger partial charge in [0.25, 0.3) is 5.91 Å². The molecule has 1 aliphatic heterocycles. The van der Waals surface area contributed by atoms with Crippen molar-refractivity contribution in [2.24, 2.45) is 5.92 Å². The lowest BCUT2D eigenvalue weighted by Crippen LogP contribution is -2.48. The van der Waals surface area contributed by atoms with E-state index in [1.165, 1.54) is 11.3 Å². The van der Waals surface area contributed by atoms with Crippen LogP contribution in [0.25, 0.3) is 0 Å². The highest BCUT2D eigenvalue weighted by Gasteiger charge is 2.29. The molecule has 2 amide bonds. The van der Waals surface area contributed by atoms with Crippen molar-refractivity contribution < 1.29 is 14.3 Å². The second-order valence-corrected chi connectivity index (χ2v) is 8.01. The Morgan fingerprint density at radius 1 is 1.43 bits per heavy atom. The monoisotopic (exact) mass is 338 g/mol. The Bertz CT molecular complexity index is 537. The lowest BCUT2D eigenvalue weighted by Gasteiger charge is -2.36. The molecule has 5 nitrogen and oxygen atoms in total. The van der Waals surface area contributed by atoms with Gasteiger partial charge in [-0.3, -0.25) is 4.79 Å². The average Bonchev–Trinajstić information content (AvgIpc) is 2.98. The number of ether oxygens (including phenoxy) is 1. The summed E-state index contributed by atoms with van der Waals surface area (Å²) >= 11 is 1.47. The predicted octanol–water partition coefficient (Wildman–Crippen LogP) is 3.51. The summed E-state index contributed by atoms with van der Waals surface area (Å²) in [6, 6.07) is 3.73. The van der Waals surface area contributed by atoms with E-state index in [-0.39, 0.29) is 17.9 Å². The highest BCUT2D eigenvalue weighted by atomic mass is 32.1. The highest BCUT2D eigenvalue weighted by Crippen LogP contribution is 2.23. The van der Waals surface area contributed by atoms with E-state index < -0.39 is 11.7 Å². The summed E-state index contributed by atoms with van der Waals surface area (Å²) in [5, 5.41) is 4.82. The lowest BCUT2D eigenvalue weighted by atomic mass is 9.91. The number of nitrogens with zero attached hydrogens (tertiary/aromatic N) is 1. The van der Waals surface area contributed by atoms with Crippen molar-refractivity contribution in [3.63, 3.8) is 0 Å². The molecular weight excluding hydrogens is 312 g/mol. The van der Waals surface area contributed by atoms with Crippen molar-refractivity contribution in [3.05, 3.63) is 22.4 Å². The zero-order valence-electron chi connectivity index (χ0n) is 14.3. The Morgan fingerprint density at radius 2 is 2.17 bits per heavy atom. The number of piperidine rings is 1. The van der Waals surface area contributed by atoms with Crippen LogP contribution >= 0.6 is 11.3 Å². The molecular formula is C17H26N2O3S. The summed E-state index contributed by atoms with van der Waals surface area (Å²) in [6.07, 6.45) is 1.57. The van der Waals surface area contributed by atoms with Crippen LogP contribution < -0.4 is 5.32 Å². The summed E-state index contributed by atoms with van der Waals surface area (Å²) in [5.74, 6) is 0.342. The first-order chi connectivity index (χ1) is 10.8. The molecule has 1 fully saturated rings. The number of carbonyl (C=O) groups is 2. The fraction of sp³-hybridized carbons (Fsp3) is 0.647. The molecule has 6 heteroatoms. The van der Waals surface area contributed by atoms with Crippen LogP contribution in [-0.4, -0.2) is 41.6 Å². The standard InChI is InChI=1S/C17H26N2O3S/c1-12(18-16(21)22-17(2,3)4)13-7-5-9-19(11-13)15(20)14-8-6-10-23-14/h6,8,10,12-13H,5,7,9,11H2,1-4H3,(H,18,21)/t12-,13-/m1/s1. The van der Waals surface area contributed by atoms with Crippen molar-refractivity contribution in [2.45, 2.75) is 52.2 Å². The molecule has 0 unspecified atom stereocenters. The number of rotatable bonds is 3. The second kappa shape index (κ2) is 7.34. The molecule has 0 radical (unpaired) electrons. The minimum absolute atomic E-state index is 0.0243. The molecule has 0 aliphatic carbocycles. The predicted molar refractivity (Wildman–Crippen MR) is 91.8 cm³/mol. The number of hydrogen-bond acceptors (Lipinski definition) is 4. The Hall–Kier alpha value is -1.56. The Kier molecular flexibility index (Phi) is 5.68. The van der Waals surface area contributed by atoms with E-state index in [0.29, 0.717) is 6.54 Å². The SMILES string of the molecule is C[C@@H](NC(=O)OC(C)(C)C)[C@@H]1CCCN(C(=O)c2cccs2)C1. The first kappa shape index (κ1) is 17.8. The van der Waals surface area contributed by atoms with E-state index in [9.17, 15) is 9.59 Å². The maximum absolute atomic E-state index is 12.5. The molecule has 0 spiro atoms. The third-order valence-corrected chi connectivity index (χ3v) is 4.79. The molecule has 0 bridgehead atoms. The van der Waals surface area contributed by atoms with Crippen molar-refractivity contribution in [1.29, 1.82) is 0 Å². The van der Waals surface area contributed by atoms with Crippen LogP contribution in [0.3, 0.4) is 0 Å². The first-order valence-corrected chi connectivity index (χ1v) is 8.96. The van der Waals surface area contributed by atoms with Gasteiger partial charge in [0, 0.05) is 19.1 Å². The Labute approximate surface area is 142 Å². The van der Waals surface area contributed by atoms with Gasteiger partial charge in [0.05, 0.1) is 4.88 Å². The van der Waals surface area contributed by atoms with Crippen LogP contribution in [0.5, 0.6) is 0 Å². The zero-order valence-corrected chi connectivity index (χ0v) is 15.1. The number of carbonyl (C=O) groups excluding carboxylic acids is 2. The molecule has 0 saturated carbocycles. The highest BCUT2D eigenvalue weighted by molar-refractivity contribution is 7.12.